The van der Waals surface area contributed by atoms with Gasteiger partial charge in [0.2, 0.25) is 0 Å². The van der Waals surface area contributed by atoms with E-state index in [0.29, 0.717) is 0 Å². The molecular weight excluding hydrogens is 242 g/mol. The molecule has 2 heteroatoms. The first-order valence-electron chi connectivity index (χ1n) is 6.11. The maximum absolute atomic E-state index is 6.02. The lowest BCUT2D eigenvalue weighted by Gasteiger charge is -2.08. The molecule has 0 aromatic heterocycles. The predicted octanol–water partition coefficient (Wildman–Crippen LogP) is 5.13. The maximum atomic E-state index is 6.02. The van der Waals surface area contributed by atoms with Gasteiger partial charge < -0.3 is 0 Å². The summed E-state index contributed by atoms with van der Waals surface area (Å²) in [5, 5.41) is 0.804. The molecule has 0 aliphatic rings. The molecule has 0 saturated heterocycles. The van der Waals surface area contributed by atoms with Gasteiger partial charge >= 0.3 is 0 Å². The van der Waals surface area contributed by atoms with E-state index in [1.54, 1.807) is 12.3 Å². The van der Waals surface area contributed by atoms with Crippen molar-refractivity contribution in [3.8, 4) is 0 Å². The third-order valence-electron chi connectivity index (χ3n) is 3.07. The number of halogens is 1. The van der Waals surface area contributed by atoms with Gasteiger partial charge in [0.15, 0.2) is 0 Å². The third-order valence-corrected chi connectivity index (χ3v) is 3.31. The van der Waals surface area contributed by atoms with Gasteiger partial charge in [0.05, 0.1) is 0 Å². The van der Waals surface area contributed by atoms with Gasteiger partial charge in [-0.15, -0.1) is 0 Å². The minimum atomic E-state index is 0.804. The first-order chi connectivity index (χ1) is 8.54. The molecule has 1 aromatic carbocycles. The lowest BCUT2D eigenvalue weighted by molar-refractivity contribution is 0.910. The lowest BCUT2D eigenvalue weighted by Crippen LogP contribution is -1.92. The molecule has 1 aromatic rings. The second-order valence-corrected chi connectivity index (χ2v) is 4.89. The quantitative estimate of drug-likeness (QED) is 0.652. The van der Waals surface area contributed by atoms with Crippen LogP contribution in [0, 0.1) is 6.92 Å². The number of nitrogens with zero attached hydrogens (tertiary/aromatic N) is 1. The topological polar surface area (TPSA) is 12.4 Å². The smallest absolute Gasteiger partial charge is 0.0408 e. The monoisotopic (exact) mass is 261 g/mol. The van der Waals surface area contributed by atoms with Crippen LogP contribution in [0.5, 0.6) is 0 Å². The van der Waals surface area contributed by atoms with Crippen molar-refractivity contribution in [1.82, 2.24) is 0 Å². The number of rotatable bonds is 5. The molecule has 1 rings (SSSR count). The number of benzene rings is 1. The summed E-state index contributed by atoms with van der Waals surface area (Å²) < 4.78 is 0. The summed E-state index contributed by atoms with van der Waals surface area (Å²) in [6, 6.07) is 6.05. The summed E-state index contributed by atoms with van der Waals surface area (Å²) >= 11 is 6.02. The molecular formula is C16H20ClN. The molecule has 1 nitrogen and oxygen atoms in total. The van der Waals surface area contributed by atoms with Crippen LogP contribution >= 0.6 is 11.6 Å². The van der Waals surface area contributed by atoms with E-state index < -0.39 is 0 Å². The van der Waals surface area contributed by atoms with E-state index in [0.717, 1.165) is 23.6 Å². The van der Waals surface area contributed by atoms with Crippen LogP contribution in [0.15, 0.2) is 47.1 Å². The number of aryl methyl sites for hydroxylation is 2. The van der Waals surface area contributed by atoms with Gasteiger partial charge in [-0.3, -0.25) is 4.99 Å². The summed E-state index contributed by atoms with van der Waals surface area (Å²) in [4.78, 5) is 4.31. The molecule has 0 saturated carbocycles. The standard InChI is InChI=1S/C16H20ClN/c1-5-10-18-14(4)12(2)6-8-15-11-16(17)9-7-13(15)3/h5,7,9-11H,1,6,8H2,2-4H3/b14-12+,18-10?. The number of aliphatic imine (C=N–C) groups is 1. The Labute approximate surface area is 115 Å². The highest BCUT2D eigenvalue weighted by molar-refractivity contribution is 6.30. The summed E-state index contributed by atoms with van der Waals surface area (Å²) in [5.41, 5.74) is 4.96. The third kappa shape index (κ3) is 4.50. The van der Waals surface area contributed by atoms with Crippen molar-refractivity contribution < 1.29 is 0 Å². The largest absolute Gasteiger partial charge is 0.262 e. The van der Waals surface area contributed by atoms with Crippen LogP contribution < -0.4 is 0 Å². The zero-order chi connectivity index (χ0) is 13.5. The van der Waals surface area contributed by atoms with Crippen molar-refractivity contribution in [2.45, 2.75) is 33.6 Å². The zero-order valence-corrected chi connectivity index (χ0v) is 12.1. The Kier molecular flexibility index (Phi) is 5.87. The number of hydrogen-bond acceptors (Lipinski definition) is 1. The summed E-state index contributed by atoms with van der Waals surface area (Å²) in [7, 11) is 0. The second-order valence-electron chi connectivity index (χ2n) is 4.45. The van der Waals surface area contributed by atoms with Gasteiger partial charge in [0.25, 0.3) is 0 Å². The summed E-state index contributed by atoms with van der Waals surface area (Å²) in [6.07, 6.45) is 5.42. The molecule has 0 radical (unpaired) electrons. The minimum absolute atomic E-state index is 0.804. The van der Waals surface area contributed by atoms with Crippen LogP contribution in [0.4, 0.5) is 0 Å². The molecule has 0 aliphatic heterocycles. The molecule has 96 valence electrons. The second kappa shape index (κ2) is 7.17. The zero-order valence-electron chi connectivity index (χ0n) is 11.3. The fourth-order valence-electron chi connectivity index (χ4n) is 1.69. The van der Waals surface area contributed by atoms with Crippen molar-refractivity contribution in [3.63, 3.8) is 0 Å². The van der Waals surface area contributed by atoms with Crippen molar-refractivity contribution in [2.24, 2.45) is 4.99 Å². The molecule has 0 amide bonds. The molecule has 0 fully saturated rings. The van der Waals surface area contributed by atoms with E-state index in [4.69, 9.17) is 11.6 Å². The van der Waals surface area contributed by atoms with E-state index >= 15 is 0 Å². The average Bonchev–Trinajstić information content (AvgIpc) is 2.36. The molecule has 0 aliphatic carbocycles. The molecule has 18 heavy (non-hydrogen) atoms. The van der Waals surface area contributed by atoms with E-state index in [2.05, 4.69) is 31.5 Å². The Bertz CT molecular complexity index is 484. The van der Waals surface area contributed by atoms with Crippen LogP contribution in [0.25, 0.3) is 0 Å². The van der Waals surface area contributed by atoms with Gasteiger partial charge in [-0.05, 0) is 56.9 Å². The van der Waals surface area contributed by atoms with Crippen LogP contribution in [0.3, 0.4) is 0 Å². The minimum Gasteiger partial charge on any atom is -0.262 e. The Balaban J connectivity index is 2.73. The number of allylic oxidation sites excluding steroid dienone is 3. The highest BCUT2D eigenvalue weighted by Gasteiger charge is 2.02. The summed E-state index contributed by atoms with van der Waals surface area (Å²) in [5.74, 6) is 0. The highest BCUT2D eigenvalue weighted by Crippen LogP contribution is 2.19. The van der Waals surface area contributed by atoms with E-state index in [9.17, 15) is 0 Å². The van der Waals surface area contributed by atoms with E-state index in [-0.39, 0.29) is 0 Å². The van der Waals surface area contributed by atoms with Crippen LogP contribution in [-0.2, 0) is 6.42 Å². The SMILES string of the molecule is C=CC=N/C(C)=C(\C)CCc1cc(Cl)ccc1C. The van der Waals surface area contributed by atoms with Crippen LogP contribution in [0.1, 0.15) is 31.4 Å². The van der Waals surface area contributed by atoms with Gasteiger partial charge in [-0.25, -0.2) is 0 Å². The predicted molar refractivity (Wildman–Crippen MR) is 81.6 cm³/mol. The van der Waals surface area contributed by atoms with Crippen LogP contribution in [0.2, 0.25) is 5.02 Å². The Morgan fingerprint density at radius 2 is 2.11 bits per heavy atom. The fourth-order valence-corrected chi connectivity index (χ4v) is 1.88. The molecule has 0 spiro atoms. The molecule has 0 bridgehead atoms. The Hall–Kier alpha value is -1.34. The average molecular weight is 262 g/mol. The Morgan fingerprint density at radius 3 is 2.78 bits per heavy atom. The molecule has 0 atom stereocenters. The lowest BCUT2D eigenvalue weighted by atomic mass is 10.0. The van der Waals surface area contributed by atoms with Gasteiger partial charge in [-0.2, -0.15) is 0 Å². The number of hydrogen-bond donors (Lipinski definition) is 0. The first kappa shape index (κ1) is 14.7. The maximum Gasteiger partial charge on any atom is 0.0408 e. The van der Waals surface area contributed by atoms with E-state index in [1.165, 1.54) is 16.7 Å². The van der Waals surface area contributed by atoms with Crippen molar-refractivity contribution in [2.75, 3.05) is 0 Å². The van der Waals surface area contributed by atoms with Gasteiger partial charge in [0, 0.05) is 16.9 Å². The highest BCUT2D eigenvalue weighted by atomic mass is 35.5. The first-order valence-corrected chi connectivity index (χ1v) is 6.49. The van der Waals surface area contributed by atoms with Crippen LogP contribution in [-0.4, -0.2) is 6.21 Å². The van der Waals surface area contributed by atoms with Gasteiger partial charge in [-0.1, -0.05) is 35.9 Å². The van der Waals surface area contributed by atoms with Crippen molar-refractivity contribution in [1.29, 1.82) is 0 Å². The molecule has 0 unspecified atom stereocenters. The Morgan fingerprint density at radius 1 is 1.39 bits per heavy atom. The van der Waals surface area contributed by atoms with Crippen molar-refractivity contribution in [3.05, 3.63) is 58.3 Å². The molecule has 0 N–H and O–H groups in total. The normalized spacial score (nSPS) is 12.7. The fraction of sp³-hybridized carbons (Fsp3) is 0.312. The van der Waals surface area contributed by atoms with Crippen molar-refractivity contribution >= 4 is 17.8 Å². The molecule has 0 heterocycles. The summed E-state index contributed by atoms with van der Waals surface area (Å²) in [6.45, 7) is 9.89. The van der Waals surface area contributed by atoms with E-state index in [1.807, 2.05) is 19.1 Å². The van der Waals surface area contributed by atoms with Gasteiger partial charge in [0.1, 0.15) is 0 Å².